The van der Waals surface area contributed by atoms with Crippen LogP contribution in [0.4, 0.5) is 0 Å². The van der Waals surface area contributed by atoms with E-state index in [1.165, 1.54) is 0 Å². The van der Waals surface area contributed by atoms with E-state index in [9.17, 15) is 5.11 Å². The maximum Gasteiger partial charge on any atom is 0.0568 e. The molecule has 0 saturated heterocycles. The van der Waals surface area contributed by atoms with Crippen molar-refractivity contribution in [2.45, 2.75) is 39.2 Å². The van der Waals surface area contributed by atoms with E-state index in [1.807, 2.05) is 0 Å². The highest BCUT2D eigenvalue weighted by molar-refractivity contribution is 4.68. The molecule has 1 nitrogen and oxygen atoms in total. The van der Waals surface area contributed by atoms with E-state index in [1.54, 1.807) is 0 Å². The Kier molecular flexibility index (Phi) is 4.78. The highest BCUT2D eigenvalue weighted by atomic mass is 16.3. The van der Waals surface area contributed by atoms with Gasteiger partial charge in [0.15, 0.2) is 0 Å². The third-order valence-electron chi connectivity index (χ3n) is 1.65. The molecule has 0 bridgehead atoms. The Morgan fingerprint density at radius 2 is 2.00 bits per heavy atom. The fourth-order valence-electron chi connectivity index (χ4n) is 0.804. The fourth-order valence-corrected chi connectivity index (χ4v) is 0.804. The number of aliphatic hydroxyl groups is 1. The lowest BCUT2D eigenvalue weighted by molar-refractivity contribution is 0.116. The molecule has 0 heterocycles. The average molecular weight is 129 g/mol. The van der Waals surface area contributed by atoms with Gasteiger partial charge in [-0.1, -0.05) is 26.7 Å². The van der Waals surface area contributed by atoms with Gasteiger partial charge in [-0.15, -0.1) is 0 Å². The minimum absolute atomic E-state index is 0.181. The zero-order valence-corrected chi connectivity index (χ0v) is 6.43. The SMILES string of the molecule is [CH2]C(CC)C(O)CCC. The van der Waals surface area contributed by atoms with Gasteiger partial charge >= 0.3 is 0 Å². The summed E-state index contributed by atoms with van der Waals surface area (Å²) >= 11 is 0. The van der Waals surface area contributed by atoms with E-state index in [-0.39, 0.29) is 12.0 Å². The van der Waals surface area contributed by atoms with Crippen molar-refractivity contribution in [1.29, 1.82) is 0 Å². The lowest BCUT2D eigenvalue weighted by atomic mass is 9.98. The Morgan fingerprint density at radius 3 is 2.33 bits per heavy atom. The van der Waals surface area contributed by atoms with Crippen molar-refractivity contribution < 1.29 is 5.11 Å². The lowest BCUT2D eigenvalue weighted by Gasteiger charge is -2.15. The van der Waals surface area contributed by atoms with Gasteiger partial charge in [-0.05, 0) is 19.3 Å². The Hall–Kier alpha value is -0.0400. The second-order valence-corrected chi connectivity index (χ2v) is 2.52. The summed E-state index contributed by atoms with van der Waals surface area (Å²) in [5.74, 6) is 0.227. The van der Waals surface area contributed by atoms with Gasteiger partial charge in [-0.3, -0.25) is 0 Å². The van der Waals surface area contributed by atoms with Gasteiger partial charge in [0.05, 0.1) is 6.10 Å². The zero-order chi connectivity index (χ0) is 7.28. The van der Waals surface area contributed by atoms with Gasteiger partial charge in [-0.2, -0.15) is 0 Å². The van der Waals surface area contributed by atoms with Crippen molar-refractivity contribution in [2.75, 3.05) is 0 Å². The first-order valence-electron chi connectivity index (χ1n) is 3.73. The average Bonchev–Trinajstić information content (AvgIpc) is 1.87. The molecule has 0 aliphatic carbocycles. The van der Waals surface area contributed by atoms with E-state index in [2.05, 4.69) is 20.8 Å². The van der Waals surface area contributed by atoms with Gasteiger partial charge in [0.25, 0.3) is 0 Å². The molecule has 1 heteroatoms. The van der Waals surface area contributed by atoms with Crippen LogP contribution < -0.4 is 0 Å². The van der Waals surface area contributed by atoms with Crippen molar-refractivity contribution in [3.8, 4) is 0 Å². The first-order chi connectivity index (χ1) is 4.22. The molecule has 0 aliphatic heterocycles. The molecule has 0 spiro atoms. The topological polar surface area (TPSA) is 20.2 Å². The van der Waals surface area contributed by atoms with Crippen LogP contribution in [0, 0.1) is 12.8 Å². The summed E-state index contributed by atoms with van der Waals surface area (Å²) in [5, 5.41) is 9.26. The van der Waals surface area contributed by atoms with Gasteiger partial charge in [0, 0.05) is 0 Å². The molecule has 0 amide bonds. The Bertz CT molecular complexity index is 61.6. The van der Waals surface area contributed by atoms with Crippen molar-refractivity contribution in [3.63, 3.8) is 0 Å². The molecule has 0 aromatic heterocycles. The summed E-state index contributed by atoms with van der Waals surface area (Å²) in [4.78, 5) is 0. The third-order valence-corrected chi connectivity index (χ3v) is 1.65. The van der Waals surface area contributed by atoms with Crippen molar-refractivity contribution in [1.82, 2.24) is 0 Å². The predicted molar refractivity (Wildman–Crippen MR) is 40.1 cm³/mol. The quantitative estimate of drug-likeness (QED) is 0.615. The maximum atomic E-state index is 9.26. The van der Waals surface area contributed by atoms with Crippen LogP contribution in [0.15, 0.2) is 0 Å². The second-order valence-electron chi connectivity index (χ2n) is 2.52. The smallest absolute Gasteiger partial charge is 0.0568 e. The molecule has 2 atom stereocenters. The third kappa shape index (κ3) is 3.52. The first-order valence-corrected chi connectivity index (χ1v) is 3.73. The largest absolute Gasteiger partial charge is 0.393 e. The first kappa shape index (κ1) is 8.96. The van der Waals surface area contributed by atoms with E-state index < -0.39 is 0 Å². The van der Waals surface area contributed by atoms with Gasteiger partial charge in [0.2, 0.25) is 0 Å². The molecule has 1 radical (unpaired) electrons. The molecule has 0 aromatic rings. The van der Waals surface area contributed by atoms with E-state index >= 15 is 0 Å². The molecule has 9 heavy (non-hydrogen) atoms. The molecule has 0 saturated carbocycles. The summed E-state index contributed by atoms with van der Waals surface area (Å²) in [6.45, 7) is 7.95. The molecule has 1 N–H and O–H groups in total. The maximum absolute atomic E-state index is 9.26. The Morgan fingerprint density at radius 1 is 1.44 bits per heavy atom. The van der Waals surface area contributed by atoms with E-state index in [4.69, 9.17) is 0 Å². The summed E-state index contributed by atoms with van der Waals surface area (Å²) in [5.41, 5.74) is 0. The van der Waals surface area contributed by atoms with Crippen LogP contribution >= 0.6 is 0 Å². The number of rotatable bonds is 4. The van der Waals surface area contributed by atoms with E-state index in [0.717, 1.165) is 19.3 Å². The minimum Gasteiger partial charge on any atom is -0.393 e. The monoisotopic (exact) mass is 129 g/mol. The zero-order valence-electron chi connectivity index (χ0n) is 6.43. The normalized spacial score (nSPS) is 17.3. The van der Waals surface area contributed by atoms with Crippen molar-refractivity contribution in [3.05, 3.63) is 6.92 Å². The number of aliphatic hydroxyl groups excluding tert-OH is 1. The highest BCUT2D eigenvalue weighted by Crippen LogP contribution is 2.10. The van der Waals surface area contributed by atoms with Gasteiger partial charge < -0.3 is 5.11 Å². The minimum atomic E-state index is -0.181. The molecular formula is C8H17O. The Balaban J connectivity index is 3.32. The fraction of sp³-hybridized carbons (Fsp3) is 0.875. The highest BCUT2D eigenvalue weighted by Gasteiger charge is 2.09. The molecule has 0 fully saturated rings. The Labute approximate surface area is 58.1 Å². The molecule has 55 valence electrons. The molecular weight excluding hydrogens is 112 g/mol. The summed E-state index contributed by atoms with van der Waals surface area (Å²) < 4.78 is 0. The standard InChI is InChI=1S/C8H17O/c1-4-6-8(9)7(3)5-2/h7-9H,3-6H2,1-2H3. The molecule has 0 rings (SSSR count). The summed E-state index contributed by atoms with van der Waals surface area (Å²) in [7, 11) is 0. The summed E-state index contributed by atoms with van der Waals surface area (Å²) in [6.07, 6.45) is 2.73. The van der Waals surface area contributed by atoms with Crippen LogP contribution in [0.3, 0.4) is 0 Å². The van der Waals surface area contributed by atoms with Crippen LogP contribution in [0.2, 0.25) is 0 Å². The van der Waals surface area contributed by atoms with Crippen LogP contribution in [0.5, 0.6) is 0 Å². The van der Waals surface area contributed by atoms with Crippen LogP contribution in [0.25, 0.3) is 0 Å². The van der Waals surface area contributed by atoms with Crippen LogP contribution in [-0.4, -0.2) is 11.2 Å². The summed E-state index contributed by atoms with van der Waals surface area (Å²) in [6, 6.07) is 0. The van der Waals surface area contributed by atoms with E-state index in [0.29, 0.717) is 0 Å². The van der Waals surface area contributed by atoms with Crippen molar-refractivity contribution in [2.24, 2.45) is 5.92 Å². The molecule has 0 aromatic carbocycles. The van der Waals surface area contributed by atoms with Crippen molar-refractivity contribution >= 4 is 0 Å². The number of hydrogen-bond donors (Lipinski definition) is 1. The van der Waals surface area contributed by atoms with Crippen LogP contribution in [0.1, 0.15) is 33.1 Å². The second kappa shape index (κ2) is 4.80. The molecule has 2 unspecified atom stereocenters. The molecule has 0 aliphatic rings. The number of hydrogen-bond acceptors (Lipinski definition) is 1. The van der Waals surface area contributed by atoms with Crippen LogP contribution in [-0.2, 0) is 0 Å². The lowest BCUT2D eigenvalue weighted by Crippen LogP contribution is -2.16. The predicted octanol–water partition coefficient (Wildman–Crippen LogP) is 2.01. The van der Waals surface area contributed by atoms with Gasteiger partial charge in [-0.25, -0.2) is 0 Å². The van der Waals surface area contributed by atoms with Gasteiger partial charge in [0.1, 0.15) is 0 Å².